The summed E-state index contributed by atoms with van der Waals surface area (Å²) in [5.74, 6) is -2.00. The topological polar surface area (TPSA) is 108 Å². The van der Waals surface area contributed by atoms with Gasteiger partial charge >= 0.3 is 17.9 Å². The molecule has 0 aromatic rings. The zero-order valence-electron chi connectivity index (χ0n) is 48.4. The second kappa shape index (κ2) is 55.0. The lowest BCUT2D eigenvalue weighted by Crippen LogP contribution is -2.40. The fourth-order valence-electron chi connectivity index (χ4n) is 9.12. The maximum Gasteiger partial charge on any atom is 0.361 e. The molecular weight excluding hydrogens is 899 g/mol. The number of carboxylic acid groups (broad SMARTS) is 1. The Morgan fingerprint density at radius 3 is 1.06 bits per heavy atom. The van der Waals surface area contributed by atoms with Gasteiger partial charge in [0.1, 0.15) is 13.2 Å². The Morgan fingerprint density at radius 1 is 0.403 bits per heavy atom. The van der Waals surface area contributed by atoms with Crippen LogP contribution < -0.4 is 0 Å². The molecule has 9 nitrogen and oxygen atoms in total. The van der Waals surface area contributed by atoms with Gasteiger partial charge in [-0.3, -0.25) is 9.59 Å². The minimum absolute atomic E-state index is 0.182. The molecule has 0 fully saturated rings. The normalized spacial score (nSPS) is 12.8. The number of nitrogens with zero attached hydrogens (tertiary/aromatic N) is 1. The predicted octanol–water partition coefficient (Wildman–Crippen LogP) is 18.3. The van der Waals surface area contributed by atoms with E-state index in [0.717, 1.165) is 57.8 Å². The van der Waals surface area contributed by atoms with Crippen molar-refractivity contribution in [2.75, 3.05) is 47.5 Å². The summed E-state index contributed by atoms with van der Waals surface area (Å²) in [4.78, 5) is 37.3. The highest BCUT2D eigenvalue weighted by atomic mass is 16.7. The molecule has 9 heteroatoms. The molecular formula is C63H120NO8+. The number of likely N-dealkylation sites (N-methyl/N-ethyl adjacent to an activating group) is 1. The van der Waals surface area contributed by atoms with Gasteiger partial charge in [0.2, 0.25) is 0 Å². The minimum atomic E-state index is -1.51. The van der Waals surface area contributed by atoms with Crippen LogP contribution >= 0.6 is 0 Å². The number of carbonyl (C=O) groups is 3. The third-order valence-corrected chi connectivity index (χ3v) is 13.9. The van der Waals surface area contributed by atoms with Crippen LogP contribution in [-0.2, 0) is 33.3 Å². The van der Waals surface area contributed by atoms with Gasteiger partial charge in [0, 0.05) is 12.8 Å². The number of unbranched alkanes of at least 4 members (excludes halogenated alkanes) is 39. The van der Waals surface area contributed by atoms with E-state index in [2.05, 4.69) is 38.2 Å². The van der Waals surface area contributed by atoms with Crippen LogP contribution in [0.15, 0.2) is 24.3 Å². The highest BCUT2D eigenvalue weighted by molar-refractivity contribution is 5.71. The summed E-state index contributed by atoms with van der Waals surface area (Å²) in [7, 11) is 5.97. The van der Waals surface area contributed by atoms with Crippen molar-refractivity contribution >= 4 is 17.9 Å². The first-order chi connectivity index (χ1) is 35.1. The molecule has 0 rings (SSSR count). The van der Waals surface area contributed by atoms with Gasteiger partial charge in [0.05, 0.1) is 34.4 Å². The number of carbonyl (C=O) groups excluding carboxylic acids is 2. The van der Waals surface area contributed by atoms with Crippen molar-refractivity contribution in [1.82, 2.24) is 0 Å². The lowest BCUT2D eigenvalue weighted by atomic mass is 10.0. The Hall–Kier alpha value is -2.23. The van der Waals surface area contributed by atoms with Crippen LogP contribution in [0, 0.1) is 0 Å². The van der Waals surface area contributed by atoms with E-state index in [1.807, 2.05) is 21.1 Å². The van der Waals surface area contributed by atoms with E-state index in [9.17, 15) is 19.5 Å². The number of allylic oxidation sites excluding steroid dienone is 4. The smallest absolute Gasteiger partial charge is 0.361 e. The number of ether oxygens (including phenoxy) is 4. The average molecular weight is 1020 g/mol. The molecule has 0 radical (unpaired) electrons. The zero-order valence-corrected chi connectivity index (χ0v) is 48.4. The molecule has 0 aromatic carbocycles. The van der Waals surface area contributed by atoms with Crippen molar-refractivity contribution < 1.29 is 42.9 Å². The zero-order chi connectivity index (χ0) is 52.7. The van der Waals surface area contributed by atoms with Crippen molar-refractivity contribution in [3.8, 4) is 0 Å². The van der Waals surface area contributed by atoms with Crippen molar-refractivity contribution in [3.05, 3.63) is 24.3 Å². The largest absolute Gasteiger partial charge is 0.477 e. The highest BCUT2D eigenvalue weighted by Crippen LogP contribution is 2.18. The fraction of sp³-hybridized carbons (Fsp3) is 0.889. The Morgan fingerprint density at radius 2 is 0.708 bits per heavy atom. The molecule has 0 bridgehead atoms. The third-order valence-electron chi connectivity index (χ3n) is 13.9. The fourth-order valence-corrected chi connectivity index (χ4v) is 9.12. The quantitative estimate of drug-likeness (QED) is 0.0211. The van der Waals surface area contributed by atoms with Crippen molar-refractivity contribution in [1.29, 1.82) is 0 Å². The van der Waals surface area contributed by atoms with Gasteiger partial charge in [-0.05, 0) is 64.2 Å². The second-order valence-corrected chi connectivity index (χ2v) is 22.4. The van der Waals surface area contributed by atoms with Gasteiger partial charge in [-0.1, -0.05) is 250 Å². The van der Waals surface area contributed by atoms with Crippen LogP contribution in [0.5, 0.6) is 0 Å². The summed E-state index contributed by atoms with van der Waals surface area (Å²) >= 11 is 0. The Balaban J connectivity index is 3.96. The first-order valence-electron chi connectivity index (χ1n) is 31.0. The van der Waals surface area contributed by atoms with Crippen LogP contribution in [0.25, 0.3) is 0 Å². The van der Waals surface area contributed by atoms with E-state index in [-0.39, 0.29) is 32.2 Å². The Kier molecular flexibility index (Phi) is 53.3. The molecule has 0 heterocycles. The predicted molar refractivity (Wildman–Crippen MR) is 304 cm³/mol. The van der Waals surface area contributed by atoms with Crippen LogP contribution in [-0.4, -0.2) is 87.4 Å². The van der Waals surface area contributed by atoms with E-state index >= 15 is 0 Å². The monoisotopic (exact) mass is 1020 g/mol. The van der Waals surface area contributed by atoms with E-state index in [4.69, 9.17) is 18.9 Å². The Bertz CT molecular complexity index is 1230. The lowest BCUT2D eigenvalue weighted by Gasteiger charge is -2.25. The van der Waals surface area contributed by atoms with Crippen molar-refractivity contribution in [2.45, 2.75) is 315 Å². The summed E-state index contributed by atoms with van der Waals surface area (Å²) in [6.45, 7) is 4.88. The second-order valence-electron chi connectivity index (χ2n) is 22.4. The molecule has 72 heavy (non-hydrogen) atoms. The van der Waals surface area contributed by atoms with Gasteiger partial charge < -0.3 is 28.5 Å². The van der Waals surface area contributed by atoms with E-state index in [1.165, 1.54) is 218 Å². The summed E-state index contributed by atoms with van der Waals surface area (Å²) < 4.78 is 22.8. The summed E-state index contributed by atoms with van der Waals surface area (Å²) in [5.41, 5.74) is 0. The van der Waals surface area contributed by atoms with Crippen LogP contribution in [0.4, 0.5) is 0 Å². The van der Waals surface area contributed by atoms with Gasteiger partial charge in [-0.2, -0.15) is 0 Å². The van der Waals surface area contributed by atoms with E-state index in [0.29, 0.717) is 17.4 Å². The molecule has 424 valence electrons. The molecule has 0 spiro atoms. The maximum absolute atomic E-state index is 12.9. The first-order valence-corrected chi connectivity index (χ1v) is 31.0. The summed E-state index contributed by atoms with van der Waals surface area (Å²) in [6.07, 6.45) is 63.0. The molecule has 0 saturated carbocycles. The van der Waals surface area contributed by atoms with E-state index < -0.39 is 24.3 Å². The number of hydrogen-bond donors (Lipinski definition) is 1. The number of quaternary nitrogens is 1. The molecule has 0 saturated heterocycles. The molecule has 2 atom stereocenters. The molecule has 2 unspecified atom stereocenters. The Labute approximate surface area is 446 Å². The molecule has 1 N–H and O–H groups in total. The highest BCUT2D eigenvalue weighted by Gasteiger charge is 2.25. The summed E-state index contributed by atoms with van der Waals surface area (Å²) in [6, 6.07) is 0. The van der Waals surface area contributed by atoms with Crippen LogP contribution in [0.2, 0.25) is 0 Å². The SMILES string of the molecule is CCCCC/C=C\CCCCCCCC(=O)OCC(COC(OCC[N+](C)(C)C)C(=O)O)OC(=O)CCCCCCCCCCCCCCCCCCCCCCCCC/C=C\CCCCCCCCCC. The van der Waals surface area contributed by atoms with Crippen LogP contribution in [0.3, 0.4) is 0 Å². The van der Waals surface area contributed by atoms with Gasteiger partial charge in [0.15, 0.2) is 6.10 Å². The van der Waals surface area contributed by atoms with Gasteiger partial charge in [-0.15, -0.1) is 0 Å². The number of esters is 2. The van der Waals surface area contributed by atoms with Gasteiger partial charge in [0.25, 0.3) is 6.29 Å². The number of carboxylic acids is 1. The maximum atomic E-state index is 12.9. The average Bonchev–Trinajstić information content (AvgIpc) is 3.35. The minimum Gasteiger partial charge on any atom is -0.477 e. The standard InChI is InChI=1S/C63H119NO8/c1-6-8-10-12-14-16-18-20-21-22-23-24-25-26-27-28-29-30-31-32-33-34-35-36-37-38-39-40-41-42-44-46-48-50-52-54-61(66)72-59(58-71-63(62(67)68)69-56-55-64(3,4)5)57-70-60(65)53-51-49-47-45-43-19-17-15-13-11-9-7-2/h15,17,22-23,59,63H,6-14,16,18-21,24-58H2,1-5H3/p+1/b17-15-,23-22-. The molecule has 0 aliphatic rings. The number of rotatable bonds is 58. The number of hydrogen-bond acceptors (Lipinski definition) is 7. The number of aliphatic carboxylic acids is 1. The molecule has 0 amide bonds. The lowest BCUT2D eigenvalue weighted by molar-refractivity contribution is -0.870. The van der Waals surface area contributed by atoms with Crippen molar-refractivity contribution in [2.24, 2.45) is 0 Å². The summed E-state index contributed by atoms with van der Waals surface area (Å²) in [5, 5.41) is 9.68. The van der Waals surface area contributed by atoms with Crippen molar-refractivity contribution in [3.63, 3.8) is 0 Å². The molecule has 0 aliphatic carbocycles. The molecule has 0 aliphatic heterocycles. The van der Waals surface area contributed by atoms with Crippen LogP contribution in [0.1, 0.15) is 303 Å². The van der Waals surface area contributed by atoms with Gasteiger partial charge in [-0.25, -0.2) is 4.79 Å². The molecule has 0 aromatic heterocycles. The third kappa shape index (κ3) is 55.5. The first kappa shape index (κ1) is 69.8. The van der Waals surface area contributed by atoms with E-state index in [1.54, 1.807) is 0 Å².